The van der Waals surface area contributed by atoms with E-state index in [0.29, 0.717) is 5.75 Å². The van der Waals surface area contributed by atoms with Crippen LogP contribution in [0.15, 0.2) is 29.2 Å². The van der Waals surface area contributed by atoms with E-state index in [2.05, 4.69) is 37.6 Å². The quantitative estimate of drug-likeness (QED) is 0.355. The van der Waals surface area contributed by atoms with E-state index < -0.39 is 11.1 Å². The van der Waals surface area contributed by atoms with Gasteiger partial charge in [-0.3, -0.25) is 4.21 Å². The van der Waals surface area contributed by atoms with Crippen LogP contribution in [-0.2, 0) is 37.5 Å². The zero-order chi connectivity index (χ0) is 16.7. The van der Waals surface area contributed by atoms with E-state index in [4.69, 9.17) is 14.0 Å². The van der Waals surface area contributed by atoms with Crippen molar-refractivity contribution in [3.8, 4) is 5.75 Å². The molecule has 0 radical (unpaired) electrons. The standard InChI is InChI=1S/C7H8O3S.C6H3.2CO.Fe/c1-10-6-2-4-7(5-3-6)11(8)9;1-6-4-2-3-5-6;2*1-2;/h2-5H,1H3,(H,8,9);1H3;;;/q;-5;;;+6/p-1. The van der Waals surface area contributed by atoms with Crippen molar-refractivity contribution >= 4 is 11.1 Å². The molecule has 22 heavy (non-hydrogen) atoms. The van der Waals surface area contributed by atoms with Crippen LogP contribution in [-0.4, -0.2) is 15.9 Å². The summed E-state index contributed by atoms with van der Waals surface area (Å²) >= 11 is -2.14. The zero-order valence-corrected chi connectivity index (χ0v) is 13.5. The van der Waals surface area contributed by atoms with Crippen molar-refractivity contribution in [2.75, 3.05) is 7.11 Å². The fourth-order valence-corrected chi connectivity index (χ4v) is 1.33. The first-order valence-corrected chi connectivity index (χ1v) is 6.20. The monoisotopic (exact) mass is 358 g/mol. The van der Waals surface area contributed by atoms with Crippen molar-refractivity contribution in [1.29, 1.82) is 0 Å². The molecule has 0 aliphatic heterocycles. The Labute approximate surface area is 143 Å². The Bertz CT molecular complexity index is 526. The Morgan fingerprint density at radius 3 is 1.77 bits per heavy atom. The van der Waals surface area contributed by atoms with E-state index in [9.17, 15) is 8.76 Å². The molecule has 7 heteroatoms. The fourth-order valence-electron chi connectivity index (χ4n) is 0.968. The minimum Gasteiger partial charge on any atom is 6.00 e. The van der Waals surface area contributed by atoms with Crippen molar-refractivity contribution < 1.29 is 39.9 Å². The topological polar surface area (TPSA) is 89.2 Å². The molecule has 0 N–H and O–H groups in total. The van der Waals surface area contributed by atoms with Crippen molar-refractivity contribution in [2.45, 2.75) is 11.8 Å². The molecule has 0 fully saturated rings. The Balaban J connectivity index is -0.000000280. The third-order valence-corrected chi connectivity index (χ3v) is 2.47. The third-order valence-electron chi connectivity index (χ3n) is 1.81. The molecule has 0 amide bonds. The number of benzene rings is 1. The molecule has 0 spiro atoms. The normalized spacial score (nSPS) is 8.86. The van der Waals surface area contributed by atoms with Gasteiger partial charge in [-0.2, -0.15) is 0 Å². The molecule has 5 nitrogen and oxygen atoms in total. The molecule has 0 aliphatic carbocycles. The summed E-state index contributed by atoms with van der Waals surface area (Å²) < 4.78 is 40.6. The summed E-state index contributed by atoms with van der Waals surface area (Å²) in [6.45, 7) is 10.9. The Hall–Kier alpha value is -1.52. The van der Waals surface area contributed by atoms with Gasteiger partial charge in [0.1, 0.15) is 5.75 Å². The first kappa shape index (κ1) is 25.4. The summed E-state index contributed by atoms with van der Waals surface area (Å²) in [5.41, 5.74) is 0.981. The van der Waals surface area contributed by atoms with Gasteiger partial charge in [-0.15, -0.1) is 0 Å². The molecular weight excluding hydrogens is 348 g/mol. The van der Waals surface area contributed by atoms with Gasteiger partial charge in [-0.25, -0.2) is 6.92 Å². The van der Waals surface area contributed by atoms with Crippen LogP contribution in [0.2, 0.25) is 0 Å². The van der Waals surface area contributed by atoms with E-state index in [1.165, 1.54) is 19.2 Å². The molecule has 1 unspecified atom stereocenters. The van der Waals surface area contributed by atoms with Gasteiger partial charge in [0.15, 0.2) is 0 Å². The number of rotatable bonds is 2. The van der Waals surface area contributed by atoms with E-state index in [1.807, 2.05) is 6.92 Å². The second-order valence-electron chi connectivity index (χ2n) is 3.04. The minimum absolute atomic E-state index is 0. The molecule has 0 bridgehead atoms. The predicted molar refractivity (Wildman–Crippen MR) is 70.2 cm³/mol. The molecule has 0 aromatic heterocycles. The van der Waals surface area contributed by atoms with E-state index in [-0.39, 0.29) is 22.0 Å². The van der Waals surface area contributed by atoms with Crippen molar-refractivity contribution in [3.05, 3.63) is 67.4 Å². The van der Waals surface area contributed by atoms with E-state index in [1.54, 1.807) is 12.1 Å². The summed E-state index contributed by atoms with van der Waals surface area (Å²) in [6.07, 6.45) is 0. The number of methoxy groups -OCH3 is 1. The SMILES string of the molecule is COc1ccc(S(=O)[O-])cc1.C[c-]1[c-][c-][c-][c-]1.[C-]#[O+].[C-]#[O+].[Fe+6]. The molecule has 2 rings (SSSR count). The van der Waals surface area contributed by atoms with Crippen LogP contribution < -0.4 is 4.74 Å². The molecule has 0 heterocycles. The molecule has 2 aromatic carbocycles. The maximum Gasteiger partial charge on any atom is 6.00 e. The maximum absolute atomic E-state index is 10.4. The van der Waals surface area contributed by atoms with Crippen molar-refractivity contribution in [2.24, 2.45) is 0 Å². The average Bonchev–Trinajstić information content (AvgIpc) is 3.03. The summed E-state index contributed by atoms with van der Waals surface area (Å²) in [7, 11) is 1.53. The van der Waals surface area contributed by atoms with E-state index >= 15 is 0 Å². The Morgan fingerprint density at radius 2 is 1.55 bits per heavy atom. The molecular formula is C15H10FeO5S. The fraction of sp³-hybridized carbons (Fsp3) is 0.133. The van der Waals surface area contributed by atoms with Gasteiger partial charge in [0.05, 0.1) is 7.11 Å². The van der Waals surface area contributed by atoms with Gasteiger partial charge < -0.3 is 39.1 Å². The van der Waals surface area contributed by atoms with Gasteiger partial charge in [0.25, 0.3) is 0 Å². The van der Waals surface area contributed by atoms with Gasteiger partial charge in [0.2, 0.25) is 0 Å². The van der Waals surface area contributed by atoms with Crippen LogP contribution in [0, 0.1) is 44.5 Å². The third kappa shape index (κ3) is 12.2. The van der Waals surface area contributed by atoms with Gasteiger partial charge >= 0.3 is 39.7 Å². The Kier molecular flexibility index (Phi) is 20.3. The molecule has 0 saturated carbocycles. The van der Waals surface area contributed by atoms with Crippen molar-refractivity contribution in [1.82, 2.24) is 0 Å². The molecule has 2 aromatic rings. The minimum atomic E-state index is -2.14. The summed E-state index contributed by atoms with van der Waals surface area (Å²) in [6, 6.07) is 17.0. The number of hydrogen-bond donors (Lipinski definition) is 0. The number of aryl methyl sites for hydroxylation is 1. The Morgan fingerprint density at radius 1 is 1.14 bits per heavy atom. The van der Waals surface area contributed by atoms with Gasteiger partial charge in [0, 0.05) is 4.90 Å². The van der Waals surface area contributed by atoms with Crippen LogP contribution in [0.25, 0.3) is 0 Å². The van der Waals surface area contributed by atoms with Crippen LogP contribution in [0.5, 0.6) is 5.75 Å². The summed E-state index contributed by atoms with van der Waals surface area (Å²) in [5, 5.41) is 0. The van der Waals surface area contributed by atoms with Crippen LogP contribution in [0.1, 0.15) is 5.56 Å². The first-order valence-electron chi connectivity index (χ1n) is 5.13. The van der Waals surface area contributed by atoms with Crippen LogP contribution in [0.3, 0.4) is 0 Å². The number of ether oxygens (including phenoxy) is 1. The second-order valence-corrected chi connectivity index (χ2v) is 3.98. The molecule has 0 aliphatic rings. The van der Waals surface area contributed by atoms with Gasteiger partial charge in [-0.05, 0) is 35.3 Å². The van der Waals surface area contributed by atoms with Crippen LogP contribution in [0.4, 0.5) is 0 Å². The second kappa shape index (κ2) is 17.5. The largest absolute Gasteiger partial charge is 6.00 e. The summed E-state index contributed by atoms with van der Waals surface area (Å²) in [4.78, 5) is 0.269. The van der Waals surface area contributed by atoms with Gasteiger partial charge in [-0.1, -0.05) is 0 Å². The predicted octanol–water partition coefficient (Wildman–Crippen LogP) is 1.77. The molecule has 1 atom stereocenters. The molecule has 114 valence electrons. The first-order chi connectivity index (χ1) is 10.1. The summed E-state index contributed by atoms with van der Waals surface area (Å²) in [5.74, 6) is 0.652. The number of hydrogen-bond acceptors (Lipinski definition) is 3. The van der Waals surface area contributed by atoms with E-state index in [0.717, 1.165) is 5.56 Å². The zero-order valence-electron chi connectivity index (χ0n) is 11.6. The van der Waals surface area contributed by atoms with Crippen molar-refractivity contribution in [3.63, 3.8) is 0 Å². The van der Waals surface area contributed by atoms with Crippen LogP contribution >= 0.6 is 0 Å². The average molecular weight is 358 g/mol. The maximum atomic E-state index is 10.4. The smallest absolute Gasteiger partial charge is 6.00 e. The molecule has 0 saturated heterocycles.